The Hall–Kier alpha value is -7.70. The van der Waals surface area contributed by atoms with Crippen molar-refractivity contribution in [1.82, 2.24) is 0 Å². The zero-order valence-electron chi connectivity index (χ0n) is 33.3. The molecule has 300 valence electrons. The van der Waals surface area contributed by atoms with Gasteiger partial charge in [-0.05, 0) is 82.9 Å². The fourth-order valence-electron chi connectivity index (χ4n) is 5.69. The summed E-state index contributed by atoms with van der Waals surface area (Å²) < 4.78 is 19.6. The minimum Gasteiger partial charge on any atom is -0.459 e. The first kappa shape index (κ1) is 44.0. The molecule has 12 nitrogen and oxygen atoms in total. The van der Waals surface area contributed by atoms with Crippen molar-refractivity contribution in [2.45, 2.75) is 19.3 Å². The van der Waals surface area contributed by atoms with Crippen LogP contribution in [0.1, 0.15) is 36.1 Å². The molecule has 12 heteroatoms. The highest BCUT2D eigenvalue weighted by molar-refractivity contribution is 5.98. The fraction of sp³-hybridized carbons (Fsp3) is 0.191. The number of carbonyl (C=O) groups excluding carboxylic acids is 4. The molecule has 0 aromatic heterocycles. The van der Waals surface area contributed by atoms with Gasteiger partial charge in [0.2, 0.25) is 0 Å². The van der Waals surface area contributed by atoms with Crippen LogP contribution in [0.4, 0.5) is 22.7 Å². The maximum Gasteiger partial charge on any atom is 0.349 e. The van der Waals surface area contributed by atoms with Gasteiger partial charge < -0.3 is 28.7 Å². The molecule has 0 N–H and O–H groups in total. The maximum absolute atomic E-state index is 12.3. The molecular weight excluding hydrogens is 749 g/mol. The predicted octanol–water partition coefficient (Wildman–Crippen LogP) is 7.91. The Bertz CT molecular complexity index is 2130. The molecule has 0 aliphatic heterocycles. The third-order valence-corrected chi connectivity index (χ3v) is 9.27. The number of nitriles is 2. The Morgan fingerprint density at radius 1 is 0.542 bits per heavy atom. The summed E-state index contributed by atoms with van der Waals surface area (Å²) in [6.45, 7) is 10.3. The number of hydrogen-bond donors (Lipinski definition) is 0. The molecule has 0 amide bonds. The summed E-state index contributed by atoms with van der Waals surface area (Å²) in [7, 11) is 3.91. The van der Waals surface area contributed by atoms with E-state index in [2.05, 4.69) is 75.5 Å². The van der Waals surface area contributed by atoms with Gasteiger partial charge >= 0.3 is 23.9 Å². The monoisotopic (exact) mass is 792 g/mol. The molecule has 0 fully saturated rings. The number of anilines is 4. The molecule has 59 heavy (non-hydrogen) atoms. The predicted molar refractivity (Wildman–Crippen MR) is 225 cm³/mol. The number of rotatable bonds is 18. The van der Waals surface area contributed by atoms with Gasteiger partial charge in [0, 0.05) is 54.4 Å². The molecule has 0 saturated carbocycles. The van der Waals surface area contributed by atoms with Crippen molar-refractivity contribution >= 4 is 58.8 Å². The quantitative estimate of drug-likeness (QED) is 0.0316. The molecule has 4 aromatic rings. The molecule has 4 aromatic carbocycles. The molecule has 0 aliphatic rings. The third kappa shape index (κ3) is 12.1. The summed E-state index contributed by atoms with van der Waals surface area (Å²) >= 11 is 0. The number of benzene rings is 4. The van der Waals surface area contributed by atoms with Crippen molar-refractivity contribution < 1.29 is 38.1 Å². The summed E-state index contributed by atoms with van der Waals surface area (Å²) in [6.07, 6.45) is 4.89. The molecule has 0 atom stereocenters. The van der Waals surface area contributed by atoms with Crippen LogP contribution in [0.3, 0.4) is 0 Å². The van der Waals surface area contributed by atoms with Gasteiger partial charge in [-0.15, -0.1) is 0 Å². The topological polar surface area (TPSA) is 159 Å². The Labute approximate surface area is 344 Å². The molecule has 0 heterocycles. The lowest BCUT2D eigenvalue weighted by Crippen LogP contribution is -2.19. The van der Waals surface area contributed by atoms with Gasteiger partial charge in [-0.3, -0.25) is 0 Å². The first-order chi connectivity index (χ1) is 28.3. The van der Waals surface area contributed by atoms with E-state index in [0.29, 0.717) is 11.1 Å². The smallest absolute Gasteiger partial charge is 0.349 e. The van der Waals surface area contributed by atoms with E-state index in [1.165, 1.54) is 12.2 Å². The van der Waals surface area contributed by atoms with E-state index >= 15 is 0 Å². The normalized spacial score (nSPS) is 11.2. The summed E-state index contributed by atoms with van der Waals surface area (Å²) in [4.78, 5) is 51.0. The van der Waals surface area contributed by atoms with Crippen LogP contribution in [0, 0.1) is 22.7 Å². The molecule has 0 spiro atoms. The highest BCUT2D eigenvalue weighted by Crippen LogP contribution is 2.35. The van der Waals surface area contributed by atoms with Crippen LogP contribution in [-0.4, -0.2) is 64.4 Å². The van der Waals surface area contributed by atoms with Crippen LogP contribution in [0.2, 0.25) is 0 Å². The van der Waals surface area contributed by atoms with Crippen molar-refractivity contribution in [3.8, 4) is 12.1 Å². The number of hydrogen-bond acceptors (Lipinski definition) is 12. The zero-order chi connectivity index (χ0) is 43.0. The van der Waals surface area contributed by atoms with Gasteiger partial charge in [0.05, 0.1) is 0 Å². The first-order valence-corrected chi connectivity index (χ1v) is 18.4. The summed E-state index contributed by atoms with van der Waals surface area (Å²) in [5, 5.41) is 19.0. The van der Waals surface area contributed by atoms with Gasteiger partial charge in [-0.2, -0.15) is 10.5 Å². The average molecular weight is 793 g/mol. The van der Waals surface area contributed by atoms with Gasteiger partial charge in [-0.25, -0.2) is 19.2 Å². The van der Waals surface area contributed by atoms with Crippen LogP contribution in [0.5, 0.6) is 0 Å². The number of esters is 4. The minimum atomic E-state index is -0.813. The van der Waals surface area contributed by atoms with Gasteiger partial charge in [0.25, 0.3) is 0 Å². The largest absolute Gasteiger partial charge is 0.459 e. The average Bonchev–Trinajstić information content (AvgIpc) is 3.27. The Morgan fingerprint density at radius 2 is 0.831 bits per heavy atom. The second-order valence-electron chi connectivity index (χ2n) is 13.4. The van der Waals surface area contributed by atoms with E-state index < -0.39 is 23.9 Å². The number of ether oxygens (including phenoxy) is 4. The lowest BCUT2D eigenvalue weighted by Gasteiger charge is -2.28. The molecule has 0 bridgehead atoms. The van der Waals surface area contributed by atoms with Crippen LogP contribution in [0.15, 0.2) is 134 Å². The van der Waals surface area contributed by atoms with Crippen molar-refractivity contribution in [2.24, 2.45) is 0 Å². The molecular formula is C47H44N4O8. The standard InChI is InChI=1S/C47H44N4O8/c1-7-43(52)56-25-27-58-45(54)35(31-48)29-33-9-17-39(18-10-33)50(5)41-21-13-37(14-22-41)47(3,4)38-15-23-42(24-16-38)51(6)40-19-11-34(12-20-40)30-36(32-49)46(55)59-28-26-57-44(53)8-2/h7-24,29-30H,1-2,25-28H2,3-6H3. The Kier molecular flexibility index (Phi) is 15.7. The maximum atomic E-state index is 12.3. The molecule has 0 unspecified atom stereocenters. The molecule has 4 rings (SSSR count). The van der Waals surface area contributed by atoms with E-state index in [4.69, 9.17) is 18.9 Å². The van der Waals surface area contributed by atoms with Gasteiger partial charge in [0.15, 0.2) is 0 Å². The second-order valence-corrected chi connectivity index (χ2v) is 13.4. The zero-order valence-corrected chi connectivity index (χ0v) is 33.3. The lowest BCUT2D eigenvalue weighted by atomic mass is 9.78. The minimum absolute atomic E-state index is 0.141. The summed E-state index contributed by atoms with van der Waals surface area (Å²) in [5.41, 5.74) is 6.63. The van der Waals surface area contributed by atoms with Gasteiger partial charge in [-0.1, -0.05) is 75.5 Å². The first-order valence-electron chi connectivity index (χ1n) is 18.4. The van der Waals surface area contributed by atoms with E-state index in [1.807, 2.05) is 60.3 Å². The van der Waals surface area contributed by atoms with Gasteiger partial charge in [0.1, 0.15) is 49.7 Å². The van der Waals surface area contributed by atoms with E-state index in [0.717, 1.165) is 46.0 Å². The SMILES string of the molecule is C=CC(=O)OCCOC(=O)C(C#N)=Cc1ccc(N(C)c2ccc(C(C)(C)c3ccc(N(C)c4ccc(C=C(C#N)C(=O)OCCOC(=O)C=C)cc4)cc3)cc2)cc1. The number of carbonyl (C=O) groups is 4. The van der Waals surface area contributed by atoms with E-state index in [-0.39, 0.29) is 43.0 Å². The lowest BCUT2D eigenvalue weighted by molar-refractivity contribution is -0.146. The van der Waals surface area contributed by atoms with Crippen molar-refractivity contribution in [2.75, 3.05) is 50.3 Å². The van der Waals surface area contributed by atoms with Crippen molar-refractivity contribution in [3.63, 3.8) is 0 Å². The Balaban J connectivity index is 1.36. The molecule has 0 radical (unpaired) electrons. The van der Waals surface area contributed by atoms with E-state index in [9.17, 15) is 29.7 Å². The third-order valence-electron chi connectivity index (χ3n) is 9.27. The van der Waals surface area contributed by atoms with Crippen LogP contribution in [0.25, 0.3) is 12.2 Å². The second kappa shape index (κ2) is 21.0. The number of nitrogens with zero attached hydrogens (tertiary/aromatic N) is 4. The van der Waals surface area contributed by atoms with Crippen molar-refractivity contribution in [3.05, 3.63) is 156 Å². The summed E-state index contributed by atoms with van der Waals surface area (Å²) in [6, 6.07) is 35.2. The van der Waals surface area contributed by atoms with Crippen molar-refractivity contribution in [1.29, 1.82) is 10.5 Å². The highest BCUT2D eigenvalue weighted by Gasteiger charge is 2.24. The van der Waals surface area contributed by atoms with Crippen LogP contribution in [-0.2, 0) is 43.5 Å². The molecule has 0 saturated heterocycles. The van der Waals surface area contributed by atoms with Crippen LogP contribution < -0.4 is 9.80 Å². The molecule has 0 aliphatic carbocycles. The summed E-state index contributed by atoms with van der Waals surface area (Å²) in [5.74, 6) is -2.88. The highest BCUT2D eigenvalue weighted by atomic mass is 16.6. The fourth-order valence-corrected chi connectivity index (χ4v) is 5.69. The Morgan fingerprint density at radius 3 is 1.12 bits per heavy atom. The van der Waals surface area contributed by atoms with Crippen LogP contribution >= 0.6 is 0 Å². The van der Waals surface area contributed by atoms with E-state index in [1.54, 1.807) is 24.3 Å².